The van der Waals surface area contributed by atoms with Gasteiger partial charge in [-0.3, -0.25) is 25.8 Å². The molecule has 154 valence electrons. The molecule has 2 aromatic carbocycles. The lowest BCUT2D eigenvalue weighted by Gasteiger charge is -2.11. The van der Waals surface area contributed by atoms with Gasteiger partial charge >= 0.3 is 5.69 Å². The highest BCUT2D eigenvalue weighted by Crippen LogP contribution is 2.29. The van der Waals surface area contributed by atoms with Gasteiger partial charge in [0.05, 0.1) is 15.5 Å². The summed E-state index contributed by atoms with van der Waals surface area (Å²) in [6.07, 6.45) is 1.13. The van der Waals surface area contributed by atoms with Crippen molar-refractivity contribution in [3.8, 4) is 0 Å². The predicted molar refractivity (Wildman–Crippen MR) is 115 cm³/mol. The molecule has 0 aliphatic carbocycles. The molecular weight excluding hydrogens is 455 g/mol. The molecule has 3 N–H and O–H groups in total. The molecule has 0 saturated carbocycles. The van der Waals surface area contributed by atoms with Crippen LogP contribution in [0.5, 0.6) is 0 Å². The standard InChI is InChI=1S/C18H13Cl3N6O3/c19-11-3-1-10(2-4-11)8-22-16-15(27(29)30)17(24-9-23-16)25-26-18(28)13-6-5-12(20)7-14(13)21/h1-7,9H,8H2,(H,26,28)(H2,22,23,24,25). The number of hydrogen-bond acceptors (Lipinski definition) is 7. The topological polar surface area (TPSA) is 122 Å². The first-order valence-corrected chi connectivity index (χ1v) is 9.47. The second-order valence-corrected chi connectivity index (χ2v) is 7.14. The molecule has 3 aromatic rings. The summed E-state index contributed by atoms with van der Waals surface area (Å²) in [6.45, 7) is 0.265. The Morgan fingerprint density at radius 2 is 1.67 bits per heavy atom. The maximum absolute atomic E-state index is 12.3. The Morgan fingerprint density at radius 3 is 2.33 bits per heavy atom. The lowest BCUT2D eigenvalue weighted by Crippen LogP contribution is -2.30. The van der Waals surface area contributed by atoms with Crippen molar-refractivity contribution in [2.24, 2.45) is 0 Å². The average Bonchev–Trinajstić information content (AvgIpc) is 2.71. The Morgan fingerprint density at radius 1 is 1.00 bits per heavy atom. The fraction of sp³-hybridized carbons (Fsp3) is 0.0556. The van der Waals surface area contributed by atoms with Crippen molar-refractivity contribution < 1.29 is 9.72 Å². The highest BCUT2D eigenvalue weighted by atomic mass is 35.5. The summed E-state index contributed by atoms with van der Waals surface area (Å²) in [7, 11) is 0. The Labute approximate surface area is 185 Å². The number of hydrazine groups is 1. The molecule has 1 amide bonds. The number of carbonyl (C=O) groups excluding carboxylic acids is 1. The van der Waals surface area contributed by atoms with Crippen LogP contribution in [0.25, 0.3) is 0 Å². The highest BCUT2D eigenvalue weighted by molar-refractivity contribution is 6.36. The molecule has 0 saturated heterocycles. The van der Waals surface area contributed by atoms with Crippen molar-refractivity contribution in [3.05, 3.63) is 85.1 Å². The lowest BCUT2D eigenvalue weighted by atomic mass is 10.2. The highest BCUT2D eigenvalue weighted by Gasteiger charge is 2.23. The van der Waals surface area contributed by atoms with Crippen molar-refractivity contribution in [2.75, 3.05) is 10.7 Å². The number of rotatable bonds is 7. The summed E-state index contributed by atoms with van der Waals surface area (Å²) < 4.78 is 0. The third kappa shape index (κ3) is 5.26. The first kappa shape index (κ1) is 21.6. The van der Waals surface area contributed by atoms with Crippen LogP contribution in [0.3, 0.4) is 0 Å². The molecule has 12 heteroatoms. The van der Waals surface area contributed by atoms with E-state index < -0.39 is 16.5 Å². The van der Waals surface area contributed by atoms with Crippen LogP contribution in [-0.4, -0.2) is 20.8 Å². The van der Waals surface area contributed by atoms with Gasteiger partial charge in [-0.05, 0) is 35.9 Å². The number of nitrogens with zero attached hydrogens (tertiary/aromatic N) is 3. The van der Waals surface area contributed by atoms with Gasteiger partial charge in [0.1, 0.15) is 6.33 Å². The van der Waals surface area contributed by atoms with Crippen molar-refractivity contribution in [1.82, 2.24) is 15.4 Å². The zero-order chi connectivity index (χ0) is 21.7. The number of aromatic nitrogens is 2. The van der Waals surface area contributed by atoms with Gasteiger partial charge in [0.25, 0.3) is 5.91 Å². The Bertz CT molecular complexity index is 1100. The third-order valence-corrected chi connectivity index (χ3v) is 4.65. The molecule has 3 rings (SSSR count). The number of amides is 1. The molecule has 1 aromatic heterocycles. The van der Waals surface area contributed by atoms with Crippen LogP contribution in [-0.2, 0) is 6.54 Å². The predicted octanol–water partition coefficient (Wildman–Crippen LogP) is 4.71. The maximum atomic E-state index is 12.3. The molecule has 0 unspecified atom stereocenters. The van der Waals surface area contributed by atoms with Gasteiger partial charge in [0.15, 0.2) is 0 Å². The molecule has 30 heavy (non-hydrogen) atoms. The molecule has 9 nitrogen and oxygen atoms in total. The van der Waals surface area contributed by atoms with Gasteiger partial charge < -0.3 is 5.32 Å². The quantitative estimate of drug-likeness (QED) is 0.339. The Hall–Kier alpha value is -3.14. The number of nitrogens with one attached hydrogen (secondary N) is 3. The van der Waals surface area contributed by atoms with E-state index in [1.807, 2.05) is 0 Å². The second-order valence-electron chi connectivity index (χ2n) is 5.86. The van der Waals surface area contributed by atoms with Crippen molar-refractivity contribution in [2.45, 2.75) is 6.54 Å². The zero-order valence-corrected chi connectivity index (χ0v) is 17.3. The smallest absolute Gasteiger partial charge is 0.354 e. The summed E-state index contributed by atoms with van der Waals surface area (Å²) >= 11 is 17.7. The number of carbonyl (C=O) groups is 1. The normalized spacial score (nSPS) is 10.4. The van der Waals surface area contributed by atoms with E-state index in [0.717, 1.165) is 11.9 Å². The van der Waals surface area contributed by atoms with E-state index in [9.17, 15) is 14.9 Å². The maximum Gasteiger partial charge on any atom is 0.354 e. The molecule has 0 atom stereocenters. The van der Waals surface area contributed by atoms with Crippen LogP contribution in [0.2, 0.25) is 15.1 Å². The van der Waals surface area contributed by atoms with Crippen LogP contribution >= 0.6 is 34.8 Å². The van der Waals surface area contributed by atoms with E-state index in [4.69, 9.17) is 34.8 Å². The molecule has 0 aliphatic heterocycles. The fourth-order valence-electron chi connectivity index (χ4n) is 2.42. The number of anilines is 2. The number of benzene rings is 2. The van der Waals surface area contributed by atoms with Crippen molar-refractivity contribution in [3.63, 3.8) is 0 Å². The molecule has 0 radical (unpaired) electrons. The van der Waals surface area contributed by atoms with E-state index in [2.05, 4.69) is 26.1 Å². The van der Waals surface area contributed by atoms with Crippen molar-refractivity contribution in [1.29, 1.82) is 0 Å². The minimum atomic E-state index is -0.659. The Kier molecular flexibility index (Phi) is 6.88. The molecular formula is C18H13Cl3N6O3. The monoisotopic (exact) mass is 466 g/mol. The first-order chi connectivity index (χ1) is 14.3. The number of hydrogen-bond donors (Lipinski definition) is 3. The van der Waals surface area contributed by atoms with Crippen LogP contribution < -0.4 is 16.2 Å². The molecule has 1 heterocycles. The molecule has 0 bridgehead atoms. The van der Waals surface area contributed by atoms with Gasteiger partial charge in [-0.15, -0.1) is 0 Å². The second kappa shape index (κ2) is 9.57. The van der Waals surface area contributed by atoms with Gasteiger partial charge in [0, 0.05) is 16.6 Å². The number of halogens is 3. The van der Waals surface area contributed by atoms with E-state index in [0.29, 0.717) is 10.0 Å². The van der Waals surface area contributed by atoms with Gasteiger partial charge in [-0.1, -0.05) is 46.9 Å². The third-order valence-electron chi connectivity index (χ3n) is 3.85. The van der Waals surface area contributed by atoms with Crippen LogP contribution in [0.1, 0.15) is 15.9 Å². The van der Waals surface area contributed by atoms with E-state index in [1.165, 1.54) is 18.2 Å². The van der Waals surface area contributed by atoms with E-state index in [-0.39, 0.29) is 28.8 Å². The van der Waals surface area contributed by atoms with Gasteiger partial charge in [-0.2, -0.15) is 0 Å². The van der Waals surface area contributed by atoms with E-state index in [1.54, 1.807) is 24.3 Å². The molecule has 0 aliphatic rings. The summed E-state index contributed by atoms with van der Waals surface area (Å²) in [6, 6.07) is 11.3. The van der Waals surface area contributed by atoms with E-state index >= 15 is 0 Å². The van der Waals surface area contributed by atoms with Crippen LogP contribution in [0.4, 0.5) is 17.3 Å². The van der Waals surface area contributed by atoms with Crippen molar-refractivity contribution >= 4 is 58.0 Å². The summed E-state index contributed by atoms with van der Waals surface area (Å²) in [5.74, 6) is -0.849. The van der Waals surface area contributed by atoms with Gasteiger partial charge in [0.2, 0.25) is 11.6 Å². The minimum Gasteiger partial charge on any atom is -0.360 e. The first-order valence-electron chi connectivity index (χ1n) is 8.34. The van der Waals surface area contributed by atoms with Crippen LogP contribution in [0.15, 0.2) is 48.8 Å². The summed E-state index contributed by atoms with van der Waals surface area (Å²) in [4.78, 5) is 31.0. The Balaban J connectivity index is 1.76. The van der Waals surface area contributed by atoms with Crippen LogP contribution in [0, 0.1) is 10.1 Å². The average molecular weight is 468 g/mol. The zero-order valence-electron chi connectivity index (χ0n) is 15.0. The SMILES string of the molecule is O=C(NNc1ncnc(NCc2ccc(Cl)cc2)c1[N+](=O)[O-])c1ccc(Cl)cc1Cl. The minimum absolute atomic E-state index is 0.0220. The molecule has 0 fully saturated rings. The largest absolute Gasteiger partial charge is 0.360 e. The van der Waals surface area contributed by atoms with Gasteiger partial charge in [-0.25, -0.2) is 9.97 Å². The fourth-order valence-corrected chi connectivity index (χ4v) is 3.04. The number of nitro groups is 1. The summed E-state index contributed by atoms with van der Waals surface area (Å²) in [5.41, 5.74) is 5.30. The lowest BCUT2D eigenvalue weighted by molar-refractivity contribution is -0.383. The molecule has 0 spiro atoms. The summed E-state index contributed by atoms with van der Waals surface area (Å²) in [5, 5.41) is 15.5.